The van der Waals surface area contributed by atoms with Crippen molar-refractivity contribution in [2.75, 3.05) is 67.1 Å². The molecule has 6 amide bonds. The largest absolute Gasteiger partial charge is 0.493 e. The summed E-state index contributed by atoms with van der Waals surface area (Å²) in [5, 5.41) is 8.50. The summed E-state index contributed by atoms with van der Waals surface area (Å²) in [5.74, 6) is -0.936. The Bertz CT molecular complexity index is 2780. The van der Waals surface area contributed by atoms with Crippen molar-refractivity contribution in [1.29, 1.82) is 0 Å². The molecule has 0 aromatic heterocycles. The van der Waals surface area contributed by atoms with Crippen LogP contribution in [0.4, 0.5) is 5.69 Å². The van der Waals surface area contributed by atoms with Gasteiger partial charge in [0.15, 0.2) is 29.6 Å². The lowest BCUT2D eigenvalue weighted by Gasteiger charge is -2.37. The van der Waals surface area contributed by atoms with Gasteiger partial charge in [0.1, 0.15) is 23.9 Å². The molecule has 2 fully saturated rings. The number of carbonyl (C=O) groups excluding carboxylic acids is 7. The van der Waals surface area contributed by atoms with Crippen molar-refractivity contribution in [3.63, 3.8) is 0 Å². The second-order valence-corrected chi connectivity index (χ2v) is 19.5. The SMILES string of the molecule is CC[C@H](C(=O)N1CCCCC1C(=O)O[C@H](CCc1ccc(OC)c(OC)c1)c1ccccc1OCC(=O)NCCCCCCCCNc1ccc2c(c1)C(=O)N(C1CCC(=O)NC1=O)C2=O)c1cc(OC)c(OC)c(OC)c1. The van der Waals surface area contributed by atoms with Crippen molar-refractivity contribution >= 4 is 47.1 Å². The number of aryl methyl sites for hydroxylation is 1. The predicted octanol–water partition coefficient (Wildman–Crippen LogP) is 7.87. The molecule has 3 N–H and O–H groups in total. The summed E-state index contributed by atoms with van der Waals surface area (Å²) >= 11 is 0. The number of benzene rings is 4. The normalized spacial score (nSPS) is 16.8. The molecule has 418 valence electrons. The highest BCUT2D eigenvalue weighted by atomic mass is 16.6. The highest BCUT2D eigenvalue weighted by molar-refractivity contribution is 6.23. The molecule has 3 heterocycles. The van der Waals surface area contributed by atoms with Crippen molar-refractivity contribution in [3.05, 3.63) is 101 Å². The van der Waals surface area contributed by atoms with Gasteiger partial charge in [0.2, 0.25) is 23.5 Å². The number of unbranched alkanes of at least 4 members (excludes halogenated alkanes) is 5. The molecule has 0 spiro atoms. The van der Waals surface area contributed by atoms with E-state index in [1.54, 1.807) is 61.6 Å². The Kier molecular flexibility index (Phi) is 20.8. The number of esters is 1. The second-order valence-electron chi connectivity index (χ2n) is 19.5. The number of amides is 6. The Morgan fingerprint density at radius 1 is 0.705 bits per heavy atom. The van der Waals surface area contributed by atoms with E-state index in [2.05, 4.69) is 16.0 Å². The Balaban J connectivity index is 0.903. The quantitative estimate of drug-likeness (QED) is 0.0279. The minimum Gasteiger partial charge on any atom is -0.493 e. The van der Waals surface area contributed by atoms with Crippen molar-refractivity contribution in [2.45, 2.75) is 121 Å². The lowest BCUT2D eigenvalue weighted by Crippen LogP contribution is -2.54. The molecule has 0 radical (unpaired) electrons. The van der Waals surface area contributed by atoms with Crippen LogP contribution in [-0.4, -0.2) is 125 Å². The molecule has 0 saturated carbocycles. The van der Waals surface area contributed by atoms with Crippen LogP contribution in [0, 0.1) is 0 Å². The molecule has 4 atom stereocenters. The van der Waals surface area contributed by atoms with Gasteiger partial charge in [0, 0.05) is 37.3 Å². The van der Waals surface area contributed by atoms with Crippen LogP contribution < -0.4 is 44.4 Å². The molecule has 3 aliphatic rings. The lowest BCUT2D eigenvalue weighted by atomic mass is 9.91. The molecule has 19 nitrogen and oxygen atoms in total. The fraction of sp³-hybridized carbons (Fsp3) is 0.475. The van der Waals surface area contributed by atoms with Crippen molar-refractivity contribution in [1.82, 2.24) is 20.4 Å². The molecule has 2 unspecified atom stereocenters. The first-order valence-electron chi connectivity index (χ1n) is 26.9. The van der Waals surface area contributed by atoms with Gasteiger partial charge in [-0.3, -0.25) is 39.0 Å². The van der Waals surface area contributed by atoms with Crippen LogP contribution in [0.1, 0.15) is 140 Å². The van der Waals surface area contributed by atoms with Gasteiger partial charge in [-0.25, -0.2) is 4.79 Å². The van der Waals surface area contributed by atoms with E-state index in [0.29, 0.717) is 96.6 Å². The van der Waals surface area contributed by atoms with Gasteiger partial charge in [-0.2, -0.15) is 0 Å². The van der Waals surface area contributed by atoms with Gasteiger partial charge in [-0.05, 0) is 117 Å². The average Bonchev–Trinajstić information content (AvgIpc) is 3.77. The van der Waals surface area contributed by atoms with Crippen LogP contribution in [0.2, 0.25) is 0 Å². The molecule has 0 bridgehead atoms. The first kappa shape index (κ1) is 57.9. The molecule has 19 heteroatoms. The molecule has 2 saturated heterocycles. The Labute approximate surface area is 455 Å². The number of ether oxygens (including phenoxy) is 7. The zero-order chi connectivity index (χ0) is 55.7. The number of rotatable bonds is 28. The highest BCUT2D eigenvalue weighted by Crippen LogP contribution is 2.42. The van der Waals surface area contributed by atoms with Gasteiger partial charge in [-0.1, -0.05) is 56.9 Å². The van der Waals surface area contributed by atoms with Crippen LogP contribution in [-0.2, 0) is 35.1 Å². The van der Waals surface area contributed by atoms with E-state index in [1.165, 1.54) is 21.3 Å². The highest BCUT2D eigenvalue weighted by Gasteiger charge is 2.45. The number of fused-ring (bicyclic) bond motifs is 1. The standard InChI is InChI=1S/C59H73N5O14/c1-7-40(38-33-50(74-4)54(76-6)51(34-38)75-5)56(68)63-31-17-14-19-45(63)59(71)78-47(26-21-37-22-27-48(72-2)49(32-37)73-3)42-18-12-13-20-46(42)77-36-53(66)61-30-16-11-9-8-10-15-29-60-39-23-24-41-43(35-39)58(70)64(57(41)69)44-25-28-52(65)62-55(44)67/h12-13,18,20,22-24,27,32-35,40,44-45,47,60H,7-11,14-17,19,21,25-26,28-31,36H2,1-6H3,(H,61,66)(H,62,65,67)/t40-,44?,45?,47+/m0/s1. The summed E-state index contributed by atoms with van der Waals surface area (Å²) in [6.45, 7) is 3.20. The van der Waals surface area contributed by atoms with Crippen LogP contribution in [0.3, 0.4) is 0 Å². The molecular weight excluding hydrogens is 1000 g/mol. The van der Waals surface area contributed by atoms with Crippen LogP contribution in [0.25, 0.3) is 0 Å². The van der Waals surface area contributed by atoms with Gasteiger partial charge >= 0.3 is 5.97 Å². The number of likely N-dealkylation sites (tertiary alicyclic amines) is 1. The molecule has 7 rings (SSSR count). The van der Waals surface area contributed by atoms with E-state index in [0.717, 1.165) is 61.8 Å². The van der Waals surface area contributed by atoms with Gasteiger partial charge in [0.05, 0.1) is 52.6 Å². The number of methoxy groups -OCH3 is 5. The monoisotopic (exact) mass is 1080 g/mol. The fourth-order valence-corrected chi connectivity index (χ4v) is 10.4. The fourth-order valence-electron chi connectivity index (χ4n) is 10.4. The third kappa shape index (κ3) is 14.0. The number of nitrogens with zero attached hydrogens (tertiary/aromatic N) is 2. The van der Waals surface area contributed by atoms with E-state index >= 15 is 0 Å². The molecule has 78 heavy (non-hydrogen) atoms. The smallest absolute Gasteiger partial charge is 0.329 e. The first-order valence-corrected chi connectivity index (χ1v) is 26.9. The number of piperidine rings is 2. The number of carbonyl (C=O) groups is 7. The van der Waals surface area contributed by atoms with Gasteiger partial charge in [-0.15, -0.1) is 0 Å². The van der Waals surface area contributed by atoms with Crippen molar-refractivity contribution in [3.8, 4) is 34.5 Å². The number of para-hydroxylation sites is 1. The van der Waals surface area contributed by atoms with Crippen LogP contribution >= 0.6 is 0 Å². The van der Waals surface area contributed by atoms with Crippen LogP contribution in [0.5, 0.6) is 34.5 Å². The Morgan fingerprint density at radius 2 is 1.40 bits per heavy atom. The van der Waals surface area contributed by atoms with Crippen molar-refractivity contribution < 1.29 is 66.7 Å². The summed E-state index contributed by atoms with van der Waals surface area (Å²) in [7, 11) is 7.72. The van der Waals surface area contributed by atoms with E-state index in [4.69, 9.17) is 33.2 Å². The van der Waals surface area contributed by atoms with E-state index in [-0.39, 0.29) is 42.4 Å². The van der Waals surface area contributed by atoms with Gasteiger partial charge < -0.3 is 48.7 Å². The lowest BCUT2D eigenvalue weighted by molar-refractivity contribution is -0.162. The number of hydrogen-bond acceptors (Lipinski definition) is 15. The topological polar surface area (TPSA) is 227 Å². The molecular formula is C59H73N5O14. The zero-order valence-electron chi connectivity index (χ0n) is 45.6. The minimum atomic E-state index is -1.01. The number of nitrogens with one attached hydrogen (secondary N) is 3. The van der Waals surface area contributed by atoms with E-state index in [1.807, 2.05) is 37.3 Å². The Hall–Kier alpha value is -7.83. The second kappa shape index (κ2) is 28.0. The maximum absolute atomic E-state index is 14.6. The molecule has 4 aromatic rings. The summed E-state index contributed by atoms with van der Waals surface area (Å²) < 4.78 is 40.4. The van der Waals surface area contributed by atoms with E-state index < -0.39 is 53.7 Å². The number of imide groups is 2. The third-order valence-corrected chi connectivity index (χ3v) is 14.6. The first-order chi connectivity index (χ1) is 37.8. The molecule has 3 aliphatic heterocycles. The maximum atomic E-state index is 14.6. The summed E-state index contributed by atoms with van der Waals surface area (Å²) in [6.07, 6.45) is 8.07. The summed E-state index contributed by atoms with van der Waals surface area (Å²) in [6, 6.07) is 19.5. The van der Waals surface area contributed by atoms with Crippen LogP contribution in [0.15, 0.2) is 72.8 Å². The predicted molar refractivity (Wildman–Crippen MR) is 289 cm³/mol. The van der Waals surface area contributed by atoms with Gasteiger partial charge in [0.25, 0.3) is 17.7 Å². The average molecular weight is 1080 g/mol. The molecule has 0 aliphatic carbocycles. The van der Waals surface area contributed by atoms with E-state index in [9.17, 15) is 33.6 Å². The number of hydrogen-bond donors (Lipinski definition) is 3. The zero-order valence-corrected chi connectivity index (χ0v) is 45.6. The Morgan fingerprint density at radius 3 is 2.09 bits per heavy atom. The minimum absolute atomic E-state index is 0.0623. The number of anilines is 1. The maximum Gasteiger partial charge on any atom is 0.329 e. The van der Waals surface area contributed by atoms with Crippen molar-refractivity contribution in [2.24, 2.45) is 0 Å². The molecule has 4 aromatic carbocycles. The third-order valence-electron chi connectivity index (χ3n) is 14.6. The summed E-state index contributed by atoms with van der Waals surface area (Å²) in [5.41, 5.74) is 3.36. The summed E-state index contributed by atoms with van der Waals surface area (Å²) in [4.78, 5) is 95.1.